The van der Waals surface area contributed by atoms with Gasteiger partial charge in [-0.05, 0) is 54.8 Å². The van der Waals surface area contributed by atoms with Crippen molar-refractivity contribution in [3.8, 4) is 0 Å². The van der Waals surface area contributed by atoms with Crippen molar-refractivity contribution in [2.45, 2.75) is 20.4 Å². The Morgan fingerprint density at radius 2 is 1.94 bits per heavy atom. The summed E-state index contributed by atoms with van der Waals surface area (Å²) >= 11 is 1.43. The molecule has 0 unspecified atom stereocenters. The van der Waals surface area contributed by atoms with Crippen LogP contribution in [0.2, 0.25) is 0 Å². The topological polar surface area (TPSA) is 76.3 Å². The van der Waals surface area contributed by atoms with E-state index in [2.05, 4.69) is 11.1 Å². The lowest BCUT2D eigenvalue weighted by Crippen LogP contribution is -2.31. The Balaban J connectivity index is 1.64. The number of fused-ring (bicyclic) bond motifs is 2. The van der Waals surface area contributed by atoms with Gasteiger partial charge in [0.05, 0.1) is 22.1 Å². The number of nitrogens with zero attached hydrogens (tertiary/aromatic N) is 3. The van der Waals surface area contributed by atoms with E-state index in [0.29, 0.717) is 16.1 Å². The van der Waals surface area contributed by atoms with E-state index in [1.54, 1.807) is 41.6 Å². The summed E-state index contributed by atoms with van der Waals surface area (Å²) in [4.78, 5) is 36.7. The first kappa shape index (κ1) is 20.1. The summed E-state index contributed by atoms with van der Waals surface area (Å²) in [6, 6.07) is 15.9. The molecule has 3 aromatic heterocycles. The molecule has 158 valence electrons. The molecule has 6 nitrogen and oxygen atoms in total. The highest BCUT2D eigenvalue weighted by molar-refractivity contribution is 7.22. The van der Waals surface area contributed by atoms with Crippen molar-refractivity contribution in [1.82, 2.24) is 9.97 Å². The predicted octanol–water partition coefficient (Wildman–Crippen LogP) is 5.26. The molecule has 0 saturated carbocycles. The second-order valence-corrected chi connectivity index (χ2v) is 8.58. The van der Waals surface area contributed by atoms with Crippen LogP contribution >= 0.6 is 11.3 Å². The molecular formula is C25H19N3O3S. The van der Waals surface area contributed by atoms with E-state index in [1.807, 2.05) is 32.0 Å². The molecule has 5 aromatic rings. The van der Waals surface area contributed by atoms with E-state index in [0.717, 1.165) is 26.9 Å². The Labute approximate surface area is 187 Å². The summed E-state index contributed by atoms with van der Waals surface area (Å²) in [7, 11) is 0. The van der Waals surface area contributed by atoms with Gasteiger partial charge in [0, 0.05) is 18.5 Å². The molecule has 2 aromatic carbocycles. The lowest BCUT2D eigenvalue weighted by molar-refractivity contribution is 0.0959. The molecule has 0 atom stereocenters. The first-order chi connectivity index (χ1) is 15.5. The van der Waals surface area contributed by atoms with Crippen molar-refractivity contribution in [1.29, 1.82) is 0 Å². The van der Waals surface area contributed by atoms with E-state index >= 15 is 0 Å². The van der Waals surface area contributed by atoms with Crippen molar-refractivity contribution in [3.05, 3.63) is 99.7 Å². The van der Waals surface area contributed by atoms with Crippen LogP contribution in [-0.4, -0.2) is 15.9 Å². The first-order valence-electron chi connectivity index (χ1n) is 10.1. The Bertz CT molecular complexity index is 1520. The van der Waals surface area contributed by atoms with E-state index in [9.17, 15) is 9.59 Å². The maximum atomic E-state index is 13.6. The number of hydrogen-bond acceptors (Lipinski definition) is 6. The standard InChI is InChI=1S/C25H19N3O3S/c1-15-9-10-22-23(16(15)2)27-25(32-22)28(14-17-6-5-11-26-13-17)24(30)21-12-19(29)18-7-3-4-8-20(18)31-21/h3-13H,14H2,1-2H3. The van der Waals surface area contributed by atoms with Gasteiger partial charge in [0.2, 0.25) is 0 Å². The van der Waals surface area contributed by atoms with E-state index < -0.39 is 5.91 Å². The third kappa shape index (κ3) is 3.56. The SMILES string of the molecule is Cc1ccc2sc(N(Cc3cccnc3)C(=O)c3cc(=O)c4ccccc4o3)nc2c1C. The molecule has 1 amide bonds. The lowest BCUT2D eigenvalue weighted by atomic mass is 10.1. The first-order valence-corrected chi connectivity index (χ1v) is 10.9. The maximum Gasteiger partial charge on any atom is 0.296 e. The Morgan fingerprint density at radius 3 is 2.75 bits per heavy atom. The monoisotopic (exact) mass is 441 g/mol. The molecule has 0 saturated heterocycles. The van der Waals surface area contributed by atoms with Crippen LogP contribution in [0.3, 0.4) is 0 Å². The van der Waals surface area contributed by atoms with Crippen LogP contribution < -0.4 is 10.3 Å². The minimum atomic E-state index is -0.426. The van der Waals surface area contributed by atoms with Crippen LogP contribution in [-0.2, 0) is 6.54 Å². The molecule has 0 aliphatic rings. The fourth-order valence-corrected chi connectivity index (χ4v) is 4.60. The third-order valence-electron chi connectivity index (χ3n) is 5.46. The van der Waals surface area contributed by atoms with Gasteiger partial charge in [-0.25, -0.2) is 4.98 Å². The van der Waals surface area contributed by atoms with Gasteiger partial charge in [0.25, 0.3) is 5.91 Å². The molecule has 3 heterocycles. The van der Waals surface area contributed by atoms with Crippen molar-refractivity contribution < 1.29 is 9.21 Å². The highest BCUT2D eigenvalue weighted by Crippen LogP contribution is 2.33. The van der Waals surface area contributed by atoms with Gasteiger partial charge in [-0.3, -0.25) is 19.5 Å². The van der Waals surface area contributed by atoms with Crippen LogP contribution in [0.1, 0.15) is 27.2 Å². The lowest BCUT2D eigenvalue weighted by Gasteiger charge is -2.19. The van der Waals surface area contributed by atoms with Gasteiger partial charge in [-0.2, -0.15) is 0 Å². The number of aromatic nitrogens is 2. The number of rotatable bonds is 4. The summed E-state index contributed by atoms with van der Waals surface area (Å²) < 4.78 is 6.82. The second-order valence-electron chi connectivity index (χ2n) is 7.57. The summed E-state index contributed by atoms with van der Waals surface area (Å²) in [5.41, 5.74) is 4.05. The zero-order valence-corrected chi connectivity index (χ0v) is 18.3. The average Bonchev–Trinajstić information content (AvgIpc) is 3.25. The van der Waals surface area contributed by atoms with Crippen LogP contribution in [0.15, 0.2) is 76.2 Å². The van der Waals surface area contributed by atoms with E-state index in [-0.39, 0.29) is 17.7 Å². The average molecular weight is 442 g/mol. The normalized spacial score (nSPS) is 11.2. The van der Waals surface area contributed by atoms with Crippen molar-refractivity contribution in [3.63, 3.8) is 0 Å². The van der Waals surface area contributed by atoms with E-state index in [1.165, 1.54) is 17.4 Å². The van der Waals surface area contributed by atoms with Gasteiger partial charge in [0.1, 0.15) is 5.58 Å². The molecule has 0 fully saturated rings. The zero-order chi connectivity index (χ0) is 22.2. The molecule has 32 heavy (non-hydrogen) atoms. The number of benzene rings is 2. The summed E-state index contributed by atoms with van der Waals surface area (Å²) in [5.74, 6) is -0.449. The molecule has 0 aliphatic heterocycles. The number of carbonyl (C=O) groups is 1. The number of anilines is 1. The number of para-hydroxylation sites is 1. The number of pyridine rings is 1. The smallest absolute Gasteiger partial charge is 0.296 e. The number of carbonyl (C=O) groups excluding carboxylic acids is 1. The number of hydrogen-bond donors (Lipinski definition) is 0. The van der Waals surface area contributed by atoms with Gasteiger partial charge >= 0.3 is 0 Å². The highest BCUT2D eigenvalue weighted by Gasteiger charge is 2.25. The maximum absolute atomic E-state index is 13.6. The molecule has 7 heteroatoms. The molecular weight excluding hydrogens is 422 g/mol. The summed E-state index contributed by atoms with van der Waals surface area (Å²) in [5, 5.41) is 0.979. The number of aryl methyl sites for hydroxylation is 2. The van der Waals surface area contributed by atoms with Crippen LogP contribution in [0, 0.1) is 13.8 Å². The van der Waals surface area contributed by atoms with Gasteiger partial charge < -0.3 is 4.42 Å². The minimum Gasteiger partial charge on any atom is -0.451 e. The fourth-order valence-electron chi connectivity index (χ4n) is 3.57. The molecule has 0 bridgehead atoms. The molecule has 0 radical (unpaired) electrons. The summed E-state index contributed by atoms with van der Waals surface area (Å²) in [6.07, 6.45) is 3.39. The van der Waals surface area contributed by atoms with Crippen molar-refractivity contribution >= 4 is 43.6 Å². The minimum absolute atomic E-state index is 0.0234. The van der Waals surface area contributed by atoms with Crippen molar-refractivity contribution in [2.24, 2.45) is 0 Å². The van der Waals surface area contributed by atoms with E-state index in [4.69, 9.17) is 9.40 Å². The van der Waals surface area contributed by atoms with Gasteiger partial charge in [0.15, 0.2) is 16.3 Å². The molecule has 0 spiro atoms. The zero-order valence-electron chi connectivity index (χ0n) is 17.5. The van der Waals surface area contributed by atoms with Crippen LogP contribution in [0.5, 0.6) is 0 Å². The van der Waals surface area contributed by atoms with Crippen LogP contribution in [0.25, 0.3) is 21.2 Å². The third-order valence-corrected chi connectivity index (χ3v) is 6.50. The van der Waals surface area contributed by atoms with Crippen molar-refractivity contribution in [2.75, 3.05) is 4.90 Å². The molecule has 5 rings (SSSR count). The Hall–Kier alpha value is -3.84. The fraction of sp³-hybridized carbons (Fsp3) is 0.120. The number of thiazole rings is 1. The highest BCUT2D eigenvalue weighted by atomic mass is 32.1. The molecule has 0 aliphatic carbocycles. The molecule has 0 N–H and O–H groups in total. The Kier molecular flexibility index (Phi) is 5.03. The predicted molar refractivity (Wildman–Crippen MR) is 126 cm³/mol. The largest absolute Gasteiger partial charge is 0.451 e. The van der Waals surface area contributed by atoms with Gasteiger partial charge in [-0.1, -0.05) is 35.6 Å². The quantitative estimate of drug-likeness (QED) is 0.380. The Morgan fingerprint density at radius 1 is 1.09 bits per heavy atom. The van der Waals surface area contributed by atoms with Gasteiger partial charge in [-0.15, -0.1) is 0 Å². The second kappa shape index (κ2) is 8.01. The van der Waals surface area contributed by atoms with Crippen LogP contribution in [0.4, 0.5) is 5.13 Å². The summed E-state index contributed by atoms with van der Waals surface area (Å²) in [6.45, 7) is 4.31. The number of amides is 1.